The fourth-order valence-corrected chi connectivity index (χ4v) is 4.55. The first-order valence-corrected chi connectivity index (χ1v) is 10.4. The molecule has 1 atom stereocenters. The third-order valence-corrected chi connectivity index (χ3v) is 6.25. The Labute approximate surface area is 181 Å². The van der Waals surface area contributed by atoms with Crippen LogP contribution in [0, 0.1) is 17.0 Å². The van der Waals surface area contributed by atoms with Gasteiger partial charge in [-0.3, -0.25) is 10.1 Å². The fourth-order valence-electron chi connectivity index (χ4n) is 3.70. The van der Waals surface area contributed by atoms with Crippen molar-refractivity contribution >= 4 is 27.9 Å². The van der Waals surface area contributed by atoms with Gasteiger partial charge in [-0.25, -0.2) is 5.01 Å². The van der Waals surface area contributed by atoms with Crippen LogP contribution in [0.1, 0.15) is 28.5 Å². The van der Waals surface area contributed by atoms with Gasteiger partial charge < -0.3 is 14.6 Å². The molecule has 9 nitrogen and oxygen atoms in total. The third-order valence-electron chi connectivity index (χ3n) is 5.30. The van der Waals surface area contributed by atoms with E-state index < -0.39 is 4.92 Å². The number of hydrogen-bond donors (Lipinski definition) is 1. The van der Waals surface area contributed by atoms with Crippen LogP contribution in [-0.2, 0) is 6.42 Å². The van der Waals surface area contributed by atoms with Crippen LogP contribution in [0.15, 0.2) is 41.5 Å². The first kappa shape index (κ1) is 19.3. The van der Waals surface area contributed by atoms with Gasteiger partial charge in [0.1, 0.15) is 0 Å². The van der Waals surface area contributed by atoms with E-state index >= 15 is 0 Å². The molecule has 2 aliphatic heterocycles. The molecule has 1 aromatic heterocycles. The summed E-state index contributed by atoms with van der Waals surface area (Å²) in [5.41, 5.74) is 3.26. The van der Waals surface area contributed by atoms with Crippen molar-refractivity contribution in [3.05, 3.63) is 68.1 Å². The molecule has 0 radical (unpaired) electrons. The Morgan fingerprint density at radius 1 is 1.23 bits per heavy atom. The van der Waals surface area contributed by atoms with Gasteiger partial charge in [-0.15, -0.1) is 0 Å². The standard InChI is InChI=1S/C21H18N4O5S/c1-11-7-14-8-17-18(30-10-29-17)9-16(14)19(13-3-5-15(6-4-13)25(27)28)23-24(11)21-22-20(26)12(2)31-21/h3-6,8-9,11,26H,7,10H2,1-2H3. The number of hydrazone groups is 1. The minimum Gasteiger partial charge on any atom is -0.492 e. The number of anilines is 1. The van der Waals surface area contributed by atoms with Crippen molar-refractivity contribution < 1.29 is 19.5 Å². The molecule has 5 rings (SSSR count). The number of nitro groups is 1. The zero-order valence-corrected chi connectivity index (χ0v) is 17.5. The van der Waals surface area contributed by atoms with Crippen LogP contribution in [0.5, 0.6) is 17.4 Å². The second-order valence-electron chi connectivity index (χ2n) is 7.39. The van der Waals surface area contributed by atoms with Crippen LogP contribution in [-0.4, -0.2) is 33.6 Å². The average molecular weight is 438 g/mol. The Morgan fingerprint density at radius 3 is 2.58 bits per heavy atom. The quantitative estimate of drug-likeness (QED) is 0.486. The van der Waals surface area contributed by atoms with Crippen molar-refractivity contribution in [2.75, 3.05) is 11.8 Å². The summed E-state index contributed by atoms with van der Waals surface area (Å²) in [6, 6.07) is 10.1. The number of aryl methyl sites for hydroxylation is 1. The van der Waals surface area contributed by atoms with E-state index in [0.29, 0.717) is 33.6 Å². The van der Waals surface area contributed by atoms with E-state index in [9.17, 15) is 15.2 Å². The van der Waals surface area contributed by atoms with Crippen molar-refractivity contribution in [1.82, 2.24) is 4.98 Å². The summed E-state index contributed by atoms with van der Waals surface area (Å²) < 4.78 is 11.1. The Hall–Kier alpha value is -3.66. The smallest absolute Gasteiger partial charge is 0.269 e. The van der Waals surface area contributed by atoms with E-state index in [-0.39, 0.29) is 24.4 Å². The lowest BCUT2D eigenvalue weighted by Crippen LogP contribution is -2.29. The Balaban J connectivity index is 1.69. The lowest BCUT2D eigenvalue weighted by atomic mass is 9.94. The van der Waals surface area contributed by atoms with E-state index in [1.165, 1.54) is 23.5 Å². The van der Waals surface area contributed by atoms with Gasteiger partial charge in [0.15, 0.2) is 11.5 Å². The number of hydrogen-bond acceptors (Lipinski definition) is 9. The first-order chi connectivity index (χ1) is 14.9. The third kappa shape index (κ3) is 3.34. The molecule has 0 bridgehead atoms. The summed E-state index contributed by atoms with van der Waals surface area (Å²) in [5.74, 6) is 1.31. The number of aromatic hydroxyl groups is 1. The van der Waals surface area contributed by atoms with E-state index in [2.05, 4.69) is 4.98 Å². The van der Waals surface area contributed by atoms with Crippen molar-refractivity contribution in [3.63, 3.8) is 0 Å². The SMILES string of the molecule is Cc1sc(N2N=C(c3ccc([N+](=O)[O-])cc3)c3cc4c(cc3CC2C)OCO4)nc1O. The maximum atomic E-state index is 11.1. The second kappa shape index (κ2) is 7.24. The van der Waals surface area contributed by atoms with E-state index in [0.717, 1.165) is 16.7 Å². The number of nitrogens with zero attached hydrogens (tertiary/aromatic N) is 4. The van der Waals surface area contributed by atoms with Gasteiger partial charge in [0.2, 0.25) is 17.8 Å². The zero-order valence-electron chi connectivity index (χ0n) is 16.7. The highest BCUT2D eigenvalue weighted by atomic mass is 32.1. The molecule has 2 aliphatic rings. The molecule has 0 spiro atoms. The molecule has 0 aliphatic carbocycles. The number of benzene rings is 2. The van der Waals surface area contributed by atoms with Crippen LogP contribution >= 0.6 is 11.3 Å². The monoisotopic (exact) mass is 438 g/mol. The Kier molecular flexibility index (Phi) is 4.51. The molecule has 0 amide bonds. The number of rotatable bonds is 3. The average Bonchev–Trinajstić information content (AvgIpc) is 3.30. The highest BCUT2D eigenvalue weighted by Gasteiger charge is 2.29. The molecule has 0 saturated carbocycles. The molecule has 3 aromatic rings. The molecular formula is C21H18N4O5S. The largest absolute Gasteiger partial charge is 0.492 e. The van der Waals surface area contributed by atoms with Crippen molar-refractivity contribution in [1.29, 1.82) is 0 Å². The van der Waals surface area contributed by atoms with E-state index in [4.69, 9.17) is 14.6 Å². The molecule has 0 saturated heterocycles. The number of ether oxygens (including phenoxy) is 2. The summed E-state index contributed by atoms with van der Waals surface area (Å²) in [6.45, 7) is 4.00. The van der Waals surface area contributed by atoms with Gasteiger partial charge in [0.05, 0.1) is 21.6 Å². The molecule has 0 fully saturated rings. The summed E-state index contributed by atoms with van der Waals surface area (Å²) >= 11 is 1.36. The summed E-state index contributed by atoms with van der Waals surface area (Å²) in [6.07, 6.45) is 0.658. The maximum Gasteiger partial charge on any atom is 0.269 e. The lowest BCUT2D eigenvalue weighted by molar-refractivity contribution is -0.384. The molecule has 2 aromatic carbocycles. The lowest BCUT2D eigenvalue weighted by Gasteiger charge is -2.22. The minimum atomic E-state index is -0.430. The molecule has 1 N–H and O–H groups in total. The maximum absolute atomic E-state index is 11.1. The Bertz CT molecular complexity index is 1200. The van der Waals surface area contributed by atoms with Crippen LogP contribution in [0.3, 0.4) is 0 Å². The van der Waals surface area contributed by atoms with Gasteiger partial charge in [-0.2, -0.15) is 10.1 Å². The highest BCUT2D eigenvalue weighted by Crippen LogP contribution is 2.39. The number of aromatic nitrogens is 1. The van der Waals surface area contributed by atoms with Crippen LogP contribution < -0.4 is 14.5 Å². The van der Waals surface area contributed by atoms with Crippen molar-refractivity contribution in [3.8, 4) is 17.4 Å². The number of non-ortho nitro benzene ring substituents is 1. The molecule has 31 heavy (non-hydrogen) atoms. The van der Waals surface area contributed by atoms with Gasteiger partial charge in [0.25, 0.3) is 5.69 Å². The minimum absolute atomic E-state index is 0.00887. The molecule has 3 heterocycles. The van der Waals surface area contributed by atoms with E-state index in [1.54, 1.807) is 24.1 Å². The fraction of sp³-hybridized carbons (Fsp3) is 0.238. The predicted molar refractivity (Wildman–Crippen MR) is 115 cm³/mol. The summed E-state index contributed by atoms with van der Waals surface area (Å²) in [5, 5.41) is 28.4. The first-order valence-electron chi connectivity index (χ1n) is 9.62. The molecule has 1 unspecified atom stereocenters. The normalized spacial score (nSPS) is 17.2. The topological polar surface area (TPSA) is 110 Å². The number of nitro benzene ring substituents is 1. The van der Waals surface area contributed by atoms with Gasteiger partial charge in [-0.1, -0.05) is 11.3 Å². The predicted octanol–water partition coefficient (Wildman–Crippen LogP) is 4.00. The van der Waals surface area contributed by atoms with Crippen LogP contribution in [0.2, 0.25) is 0 Å². The second-order valence-corrected chi connectivity index (χ2v) is 8.57. The van der Waals surface area contributed by atoms with Crippen molar-refractivity contribution in [2.45, 2.75) is 26.3 Å². The number of fused-ring (bicyclic) bond motifs is 2. The highest BCUT2D eigenvalue weighted by molar-refractivity contribution is 7.15. The number of thiazole rings is 1. The van der Waals surface area contributed by atoms with Crippen LogP contribution in [0.25, 0.3) is 0 Å². The molecule has 158 valence electrons. The summed E-state index contributed by atoms with van der Waals surface area (Å²) in [4.78, 5) is 15.6. The van der Waals surface area contributed by atoms with Gasteiger partial charge in [-0.05, 0) is 50.1 Å². The van der Waals surface area contributed by atoms with Gasteiger partial charge >= 0.3 is 0 Å². The summed E-state index contributed by atoms with van der Waals surface area (Å²) in [7, 11) is 0. The molecular weight excluding hydrogens is 420 g/mol. The molecule has 10 heteroatoms. The van der Waals surface area contributed by atoms with Gasteiger partial charge in [0, 0.05) is 23.3 Å². The zero-order chi connectivity index (χ0) is 21.7. The van der Waals surface area contributed by atoms with Crippen molar-refractivity contribution in [2.24, 2.45) is 5.10 Å². The van der Waals surface area contributed by atoms with E-state index in [1.807, 2.05) is 19.1 Å². The van der Waals surface area contributed by atoms with Crippen LogP contribution in [0.4, 0.5) is 10.8 Å². The Morgan fingerprint density at radius 2 is 1.94 bits per heavy atom.